The minimum atomic E-state index is 0.523. The molecule has 1 aromatic carbocycles. The summed E-state index contributed by atoms with van der Waals surface area (Å²) in [6, 6.07) is 8.36. The van der Waals surface area contributed by atoms with Crippen LogP contribution >= 0.6 is 0 Å². The normalized spacial score (nSPS) is 19.6. The second-order valence-corrected chi connectivity index (χ2v) is 6.02. The highest BCUT2D eigenvalue weighted by molar-refractivity contribution is 5.82. The van der Waals surface area contributed by atoms with Crippen LogP contribution in [0.25, 0.3) is 23.2 Å². The molecular formula is C18H24N2. The third-order valence-corrected chi connectivity index (χ3v) is 4.62. The van der Waals surface area contributed by atoms with E-state index in [-0.39, 0.29) is 0 Å². The number of hydrogen-bond donors (Lipinski definition) is 2. The smallest absolute Gasteiger partial charge is 0.0465 e. The fraction of sp³-hybridized carbons (Fsp3) is 0.444. The lowest BCUT2D eigenvalue weighted by molar-refractivity contribution is 0.439. The Balaban J connectivity index is 2.10. The number of hydrogen-bond acceptors (Lipinski definition) is 1. The second-order valence-electron chi connectivity index (χ2n) is 6.02. The van der Waals surface area contributed by atoms with Crippen molar-refractivity contribution in [2.75, 3.05) is 0 Å². The molecule has 0 unspecified atom stereocenters. The predicted octanol–water partition coefficient (Wildman–Crippen LogP) is 3.01. The lowest BCUT2D eigenvalue weighted by Crippen LogP contribution is -2.31. The Morgan fingerprint density at radius 2 is 1.70 bits per heavy atom. The Bertz CT molecular complexity index is 688. The van der Waals surface area contributed by atoms with Gasteiger partial charge in [0.05, 0.1) is 0 Å². The van der Waals surface area contributed by atoms with E-state index in [1.54, 1.807) is 0 Å². The summed E-state index contributed by atoms with van der Waals surface area (Å²) >= 11 is 0. The highest BCUT2D eigenvalue weighted by Crippen LogP contribution is 2.26. The lowest BCUT2D eigenvalue weighted by Gasteiger charge is -2.20. The SMILES string of the molecule is C=c1[nH]c2ccccc2/c1=C(/N)C1CCCCCCC1. The third-order valence-electron chi connectivity index (χ3n) is 4.62. The van der Waals surface area contributed by atoms with Crippen LogP contribution in [0.4, 0.5) is 0 Å². The van der Waals surface area contributed by atoms with Crippen molar-refractivity contribution >= 4 is 23.2 Å². The average molecular weight is 268 g/mol. The van der Waals surface area contributed by atoms with Gasteiger partial charge in [-0.15, -0.1) is 0 Å². The number of nitrogens with one attached hydrogen (secondary N) is 1. The van der Waals surface area contributed by atoms with Crippen LogP contribution < -0.4 is 16.3 Å². The van der Waals surface area contributed by atoms with Crippen molar-refractivity contribution in [2.24, 2.45) is 11.7 Å². The number of H-pyrrole nitrogens is 1. The Morgan fingerprint density at radius 1 is 1.05 bits per heavy atom. The van der Waals surface area contributed by atoms with Crippen LogP contribution in [0.1, 0.15) is 44.9 Å². The van der Waals surface area contributed by atoms with Crippen LogP contribution in [-0.2, 0) is 0 Å². The molecule has 2 nitrogen and oxygen atoms in total. The molecule has 106 valence electrons. The van der Waals surface area contributed by atoms with Gasteiger partial charge in [0.25, 0.3) is 0 Å². The van der Waals surface area contributed by atoms with Gasteiger partial charge in [0, 0.05) is 27.2 Å². The summed E-state index contributed by atoms with van der Waals surface area (Å²) in [5.41, 5.74) is 8.75. The van der Waals surface area contributed by atoms with Gasteiger partial charge in [0.1, 0.15) is 0 Å². The van der Waals surface area contributed by atoms with Gasteiger partial charge in [-0.3, -0.25) is 0 Å². The average Bonchev–Trinajstić information content (AvgIpc) is 2.73. The molecule has 0 aliphatic heterocycles. The predicted molar refractivity (Wildman–Crippen MR) is 86.5 cm³/mol. The lowest BCUT2D eigenvalue weighted by atomic mass is 9.88. The van der Waals surface area contributed by atoms with Crippen LogP contribution in [0.5, 0.6) is 0 Å². The Hall–Kier alpha value is -1.70. The fourth-order valence-corrected chi connectivity index (χ4v) is 3.50. The molecule has 3 N–H and O–H groups in total. The van der Waals surface area contributed by atoms with E-state index < -0.39 is 0 Å². The van der Waals surface area contributed by atoms with Gasteiger partial charge in [-0.25, -0.2) is 0 Å². The zero-order chi connectivity index (χ0) is 13.9. The van der Waals surface area contributed by atoms with Crippen molar-refractivity contribution < 1.29 is 0 Å². The minimum Gasteiger partial charge on any atom is -0.401 e. The zero-order valence-electron chi connectivity index (χ0n) is 12.1. The van der Waals surface area contributed by atoms with Gasteiger partial charge in [-0.1, -0.05) is 56.9 Å². The molecule has 1 heterocycles. The molecule has 1 aliphatic carbocycles. The van der Waals surface area contributed by atoms with Crippen molar-refractivity contribution in [1.29, 1.82) is 0 Å². The zero-order valence-corrected chi connectivity index (χ0v) is 12.1. The monoisotopic (exact) mass is 268 g/mol. The van der Waals surface area contributed by atoms with E-state index in [1.807, 2.05) is 6.07 Å². The first kappa shape index (κ1) is 13.3. The Labute approximate surface area is 120 Å². The number of nitrogens with two attached hydrogens (primary N) is 1. The highest BCUT2D eigenvalue weighted by atomic mass is 14.7. The molecular weight excluding hydrogens is 244 g/mol. The third kappa shape index (κ3) is 2.47. The number of fused-ring (bicyclic) bond motifs is 1. The van der Waals surface area contributed by atoms with Gasteiger partial charge in [-0.2, -0.15) is 0 Å². The van der Waals surface area contributed by atoms with Crippen LogP contribution in [-0.4, -0.2) is 4.98 Å². The van der Waals surface area contributed by atoms with E-state index in [9.17, 15) is 0 Å². The summed E-state index contributed by atoms with van der Waals surface area (Å²) in [4.78, 5) is 3.36. The fourth-order valence-electron chi connectivity index (χ4n) is 3.50. The van der Waals surface area contributed by atoms with Crippen LogP contribution in [0.2, 0.25) is 0 Å². The second kappa shape index (κ2) is 5.74. The van der Waals surface area contributed by atoms with E-state index in [4.69, 9.17) is 5.73 Å². The quantitative estimate of drug-likeness (QED) is 0.820. The summed E-state index contributed by atoms with van der Waals surface area (Å²) in [5, 5.41) is 3.34. The molecule has 0 bridgehead atoms. The molecule has 2 aromatic rings. The molecule has 1 aliphatic rings. The van der Waals surface area contributed by atoms with Crippen molar-refractivity contribution in [1.82, 2.24) is 4.98 Å². The molecule has 3 rings (SSSR count). The van der Waals surface area contributed by atoms with Gasteiger partial charge < -0.3 is 10.7 Å². The number of rotatable bonds is 1. The summed E-state index contributed by atoms with van der Waals surface area (Å²) in [7, 11) is 0. The molecule has 2 heteroatoms. The first-order valence-corrected chi connectivity index (χ1v) is 7.82. The standard InChI is InChI=1S/C18H24N2/c1-13-17(15-11-7-8-12-16(15)20-13)18(19)14-9-5-3-2-4-6-10-14/h7-8,11-12,14,20H,1-6,9-10,19H2/b18-17+. The summed E-state index contributed by atoms with van der Waals surface area (Å²) < 4.78 is 0. The number of aromatic nitrogens is 1. The van der Waals surface area contributed by atoms with E-state index >= 15 is 0 Å². The largest absolute Gasteiger partial charge is 0.401 e. The molecule has 0 atom stereocenters. The molecule has 1 fully saturated rings. The highest BCUT2D eigenvalue weighted by Gasteiger charge is 2.15. The molecule has 0 saturated heterocycles. The van der Waals surface area contributed by atoms with Crippen molar-refractivity contribution in [3.63, 3.8) is 0 Å². The van der Waals surface area contributed by atoms with Crippen molar-refractivity contribution in [3.8, 4) is 0 Å². The maximum Gasteiger partial charge on any atom is 0.0465 e. The van der Waals surface area contributed by atoms with Gasteiger partial charge in [-0.05, 0) is 24.8 Å². The van der Waals surface area contributed by atoms with E-state index in [0.29, 0.717) is 5.92 Å². The van der Waals surface area contributed by atoms with Crippen LogP contribution in [0, 0.1) is 5.92 Å². The topological polar surface area (TPSA) is 41.8 Å². The molecule has 0 radical (unpaired) electrons. The maximum absolute atomic E-state index is 6.56. The maximum atomic E-state index is 6.56. The number of benzene rings is 1. The molecule has 0 spiro atoms. The van der Waals surface area contributed by atoms with Crippen LogP contribution in [0.3, 0.4) is 0 Å². The summed E-state index contributed by atoms with van der Waals surface area (Å²) in [6.07, 6.45) is 9.17. The van der Waals surface area contributed by atoms with Gasteiger partial charge in [0.2, 0.25) is 0 Å². The van der Waals surface area contributed by atoms with Gasteiger partial charge >= 0.3 is 0 Å². The number of para-hydroxylation sites is 1. The summed E-state index contributed by atoms with van der Waals surface area (Å²) in [6.45, 7) is 4.16. The molecule has 20 heavy (non-hydrogen) atoms. The van der Waals surface area contributed by atoms with E-state index in [0.717, 1.165) is 21.8 Å². The molecule has 1 saturated carbocycles. The number of aromatic amines is 1. The first-order valence-electron chi connectivity index (χ1n) is 7.82. The Morgan fingerprint density at radius 3 is 2.45 bits per heavy atom. The van der Waals surface area contributed by atoms with Crippen molar-refractivity contribution in [2.45, 2.75) is 44.9 Å². The molecule has 0 amide bonds. The molecule has 1 aromatic heterocycles. The first-order chi connectivity index (χ1) is 9.77. The van der Waals surface area contributed by atoms with E-state index in [2.05, 4.69) is 29.8 Å². The Kier molecular flexibility index (Phi) is 3.81. The minimum absolute atomic E-state index is 0.523. The van der Waals surface area contributed by atoms with E-state index in [1.165, 1.54) is 50.3 Å². The summed E-state index contributed by atoms with van der Waals surface area (Å²) in [5.74, 6) is 0.523. The van der Waals surface area contributed by atoms with Gasteiger partial charge in [0.15, 0.2) is 0 Å². The van der Waals surface area contributed by atoms with Crippen molar-refractivity contribution in [3.05, 3.63) is 34.8 Å². The van der Waals surface area contributed by atoms with Crippen LogP contribution in [0.15, 0.2) is 24.3 Å².